The Morgan fingerprint density at radius 2 is 1.08 bits per heavy atom. The minimum Gasteiger partial charge on any atom is -0.456 e. The molecule has 0 amide bonds. The predicted molar refractivity (Wildman–Crippen MR) is 136 cm³/mol. The summed E-state index contributed by atoms with van der Waals surface area (Å²) in [6.45, 7) is 0. The number of carbonyl (C=O) groups is 1. The van der Waals surface area contributed by atoms with Crippen molar-refractivity contribution in [2.45, 2.75) is 19.3 Å². The first-order valence-corrected chi connectivity index (χ1v) is 11.5. The summed E-state index contributed by atoms with van der Waals surface area (Å²) in [6, 6.07) is 19.3. The Bertz CT molecular complexity index is 1470. The van der Waals surface area contributed by atoms with Gasteiger partial charge < -0.3 is 8.83 Å². The number of Topliss-reactive ketones (excluding diaryl/α,β-unsaturated/α-hetero) is 1. The van der Waals surface area contributed by atoms with Crippen LogP contribution in [0.3, 0.4) is 0 Å². The summed E-state index contributed by atoms with van der Waals surface area (Å²) in [6.07, 6.45) is 5.20. The smallest absolute Gasteiger partial charge is 0.280 e. The maximum atomic E-state index is 13.2. The van der Waals surface area contributed by atoms with E-state index in [1.165, 1.54) is 12.1 Å². The highest BCUT2D eigenvalue weighted by Crippen LogP contribution is 2.35. The molecule has 9 nitrogen and oxygen atoms in total. The average Bonchev–Trinajstić information content (AvgIpc) is 3.56. The topological polar surface area (TPSA) is 130 Å². The number of nitro benzene ring substituents is 2. The minimum absolute atomic E-state index is 0.0614. The van der Waals surface area contributed by atoms with E-state index in [9.17, 15) is 25.0 Å². The number of allylic oxidation sites excluding steroid dienone is 2. The summed E-state index contributed by atoms with van der Waals surface area (Å²) < 4.78 is 11.6. The van der Waals surface area contributed by atoms with E-state index in [4.69, 9.17) is 8.83 Å². The van der Waals surface area contributed by atoms with Crippen LogP contribution in [0.25, 0.3) is 34.8 Å². The first-order chi connectivity index (χ1) is 17.9. The number of ketones is 1. The van der Waals surface area contributed by atoms with Crippen LogP contribution in [0.15, 0.2) is 92.8 Å². The third-order valence-electron chi connectivity index (χ3n) is 6.09. The molecule has 0 unspecified atom stereocenters. The highest BCUT2D eigenvalue weighted by Gasteiger charge is 2.23. The highest BCUT2D eigenvalue weighted by molar-refractivity contribution is 6.13. The van der Waals surface area contributed by atoms with Gasteiger partial charge in [0.05, 0.1) is 21.0 Å². The minimum atomic E-state index is -0.465. The number of rotatable bonds is 6. The number of carbonyl (C=O) groups excluding carboxylic acids is 1. The van der Waals surface area contributed by atoms with Gasteiger partial charge in [0.2, 0.25) is 0 Å². The van der Waals surface area contributed by atoms with E-state index in [-0.39, 0.29) is 17.2 Å². The number of hydrogen-bond donors (Lipinski definition) is 0. The van der Waals surface area contributed by atoms with Gasteiger partial charge >= 0.3 is 0 Å². The van der Waals surface area contributed by atoms with Gasteiger partial charge in [0.15, 0.2) is 5.78 Å². The molecule has 9 heteroatoms. The molecule has 0 radical (unpaired) electrons. The summed E-state index contributed by atoms with van der Waals surface area (Å²) >= 11 is 0. The first-order valence-electron chi connectivity index (χ1n) is 11.5. The van der Waals surface area contributed by atoms with Gasteiger partial charge in [-0.1, -0.05) is 24.3 Å². The quantitative estimate of drug-likeness (QED) is 0.156. The van der Waals surface area contributed by atoms with Crippen molar-refractivity contribution in [3.05, 3.63) is 116 Å². The summed E-state index contributed by atoms with van der Waals surface area (Å²) in [5.41, 5.74) is 1.72. The van der Waals surface area contributed by atoms with Crippen LogP contribution in [0.2, 0.25) is 0 Å². The number of furan rings is 2. The zero-order chi connectivity index (χ0) is 25.9. The molecule has 2 aromatic carbocycles. The second-order valence-corrected chi connectivity index (χ2v) is 8.47. The lowest BCUT2D eigenvalue weighted by Crippen LogP contribution is -2.12. The third kappa shape index (κ3) is 4.87. The normalized spacial score (nSPS) is 15.8. The molecule has 37 heavy (non-hydrogen) atoms. The van der Waals surface area contributed by atoms with Crippen molar-refractivity contribution in [2.75, 3.05) is 0 Å². The Morgan fingerprint density at radius 3 is 1.51 bits per heavy atom. The van der Waals surface area contributed by atoms with Gasteiger partial charge in [-0.25, -0.2) is 0 Å². The molecule has 1 saturated carbocycles. The lowest BCUT2D eigenvalue weighted by molar-refractivity contribution is -0.384. The molecule has 4 aromatic rings. The molecule has 0 spiro atoms. The highest BCUT2D eigenvalue weighted by atomic mass is 16.6. The monoisotopic (exact) mass is 496 g/mol. The number of para-hydroxylation sites is 2. The Balaban J connectivity index is 1.39. The molecular formula is C28H20N2O7. The van der Waals surface area contributed by atoms with Crippen molar-refractivity contribution in [1.29, 1.82) is 0 Å². The lowest BCUT2D eigenvalue weighted by atomic mass is 9.88. The van der Waals surface area contributed by atoms with Gasteiger partial charge in [0.1, 0.15) is 23.0 Å². The van der Waals surface area contributed by atoms with Crippen molar-refractivity contribution in [3.8, 4) is 22.6 Å². The average molecular weight is 496 g/mol. The molecule has 5 rings (SSSR count). The Morgan fingerprint density at radius 1 is 0.649 bits per heavy atom. The molecule has 2 heterocycles. The van der Waals surface area contributed by atoms with E-state index >= 15 is 0 Å². The van der Waals surface area contributed by atoms with E-state index in [0.717, 1.165) is 6.42 Å². The van der Waals surface area contributed by atoms with Crippen LogP contribution in [0.4, 0.5) is 11.4 Å². The van der Waals surface area contributed by atoms with E-state index < -0.39 is 9.85 Å². The Hall–Kier alpha value is -5.05. The van der Waals surface area contributed by atoms with Crippen molar-refractivity contribution < 1.29 is 23.5 Å². The molecule has 0 aliphatic heterocycles. The Kier molecular flexibility index (Phi) is 6.34. The van der Waals surface area contributed by atoms with Crippen molar-refractivity contribution in [1.82, 2.24) is 0 Å². The van der Waals surface area contributed by atoms with Crippen molar-refractivity contribution in [3.63, 3.8) is 0 Å². The largest absolute Gasteiger partial charge is 0.456 e. The third-order valence-corrected chi connectivity index (χ3v) is 6.09. The summed E-state index contributed by atoms with van der Waals surface area (Å²) in [5, 5.41) is 22.7. The van der Waals surface area contributed by atoms with Crippen molar-refractivity contribution in [2.24, 2.45) is 0 Å². The van der Waals surface area contributed by atoms with Gasteiger partial charge in [0.25, 0.3) is 11.4 Å². The van der Waals surface area contributed by atoms with Gasteiger partial charge in [-0.15, -0.1) is 0 Å². The molecule has 0 bridgehead atoms. The fraction of sp³-hybridized carbons (Fsp3) is 0.107. The standard InChI is InChI=1S/C28H20N2O7/c31-28-18(16-20-12-14-26(36-20)22-8-1-3-10-24(22)29(32)33)6-5-7-19(28)17-21-13-15-27(37-21)23-9-2-4-11-25(23)30(34)35/h1-4,8-17H,5-7H2. The van der Waals surface area contributed by atoms with Crippen LogP contribution in [0.1, 0.15) is 30.8 Å². The van der Waals surface area contributed by atoms with Crippen LogP contribution < -0.4 is 0 Å². The molecule has 1 aliphatic rings. The fourth-order valence-electron chi connectivity index (χ4n) is 4.35. The SMILES string of the molecule is O=C1C(=Cc2ccc(-c3ccccc3[N+](=O)[O-])o2)CCCC1=Cc1ccc(-c2ccccc2[N+](=O)[O-])o1. The molecule has 0 saturated heterocycles. The summed E-state index contributed by atoms with van der Waals surface area (Å²) in [4.78, 5) is 34.9. The van der Waals surface area contributed by atoms with Crippen LogP contribution >= 0.6 is 0 Å². The van der Waals surface area contributed by atoms with Gasteiger partial charge in [-0.05, 0) is 67.8 Å². The maximum absolute atomic E-state index is 13.2. The first kappa shape index (κ1) is 23.7. The van der Waals surface area contributed by atoms with Crippen LogP contribution in [-0.2, 0) is 4.79 Å². The molecule has 2 aromatic heterocycles. The fourth-order valence-corrected chi connectivity index (χ4v) is 4.35. The molecule has 1 fully saturated rings. The number of hydrogen-bond acceptors (Lipinski definition) is 7. The number of nitro groups is 2. The van der Waals surface area contributed by atoms with E-state index in [1.807, 2.05) is 0 Å². The molecular weight excluding hydrogens is 476 g/mol. The summed E-state index contributed by atoms with van der Waals surface area (Å²) in [7, 11) is 0. The zero-order valence-corrected chi connectivity index (χ0v) is 19.5. The van der Waals surface area contributed by atoms with Gasteiger partial charge in [-0.3, -0.25) is 25.0 Å². The van der Waals surface area contributed by atoms with Crippen LogP contribution in [-0.4, -0.2) is 15.6 Å². The molecule has 184 valence electrons. The van der Waals surface area contributed by atoms with E-state index in [1.54, 1.807) is 72.8 Å². The molecule has 0 atom stereocenters. The molecule has 0 N–H and O–H groups in total. The van der Waals surface area contributed by atoms with Crippen molar-refractivity contribution >= 4 is 29.3 Å². The number of nitrogens with zero attached hydrogens (tertiary/aromatic N) is 2. The Labute approximate surface area is 210 Å². The molecule has 1 aliphatic carbocycles. The predicted octanol–water partition coefficient (Wildman–Crippen LogP) is 7.24. The van der Waals surface area contributed by atoms with E-state index in [2.05, 4.69) is 0 Å². The lowest BCUT2D eigenvalue weighted by Gasteiger charge is -2.15. The van der Waals surface area contributed by atoms with Gasteiger partial charge in [0, 0.05) is 23.3 Å². The maximum Gasteiger partial charge on any atom is 0.280 e. The second-order valence-electron chi connectivity index (χ2n) is 8.47. The zero-order valence-electron chi connectivity index (χ0n) is 19.5. The number of benzene rings is 2. The van der Waals surface area contributed by atoms with Crippen LogP contribution in [0, 0.1) is 20.2 Å². The van der Waals surface area contributed by atoms with E-state index in [0.29, 0.717) is 58.2 Å². The van der Waals surface area contributed by atoms with Crippen LogP contribution in [0.5, 0.6) is 0 Å². The van der Waals surface area contributed by atoms with Gasteiger partial charge in [-0.2, -0.15) is 0 Å². The summed E-state index contributed by atoms with van der Waals surface area (Å²) in [5.74, 6) is 1.40. The second kappa shape index (κ2) is 9.90.